The molecule has 1 fully saturated rings. The largest absolute Gasteiger partial charge is 0.465 e. The lowest BCUT2D eigenvalue weighted by atomic mass is 10.0. The van der Waals surface area contributed by atoms with E-state index in [1.54, 1.807) is 12.1 Å². The second-order valence-corrected chi connectivity index (χ2v) is 10.8. The molecule has 1 atom stereocenters. The zero-order valence-electron chi connectivity index (χ0n) is 19.1. The number of nitriles is 1. The third-order valence-electron chi connectivity index (χ3n) is 5.57. The standard InChI is InChI=1S/C24H25BrClN3O5S/c1-3-10-34-15-18-6-4-5-9-29(18)22-13-20(26)17(14-27)11-21(22)28-35(31,32)23-12-16(24(30)33-2)7-8-19(23)25/h3,7-8,11-13,18,28H,1,4-6,9-10,15H2,2H3/t18-/m0/s1. The van der Waals surface area contributed by atoms with Gasteiger partial charge in [-0.05, 0) is 65.5 Å². The lowest BCUT2D eigenvalue weighted by molar-refractivity contribution is 0.0600. The van der Waals surface area contributed by atoms with E-state index in [-0.39, 0.29) is 37.2 Å². The minimum atomic E-state index is -4.17. The Labute approximate surface area is 218 Å². The van der Waals surface area contributed by atoms with Crippen molar-refractivity contribution >= 4 is 54.9 Å². The highest BCUT2D eigenvalue weighted by atomic mass is 79.9. The van der Waals surface area contributed by atoms with Crippen LogP contribution in [0.25, 0.3) is 0 Å². The first-order valence-corrected chi connectivity index (χ1v) is 13.5. The SMILES string of the molecule is C=CCOC[C@@H]1CCCCN1c1cc(Cl)c(C#N)cc1NS(=O)(=O)c1cc(C(=O)OC)ccc1Br. The Hall–Kier alpha value is -2.58. The molecule has 1 aliphatic heterocycles. The fourth-order valence-electron chi connectivity index (χ4n) is 3.90. The fraction of sp³-hybridized carbons (Fsp3) is 0.333. The van der Waals surface area contributed by atoms with Crippen molar-refractivity contribution < 1.29 is 22.7 Å². The molecule has 2 aromatic rings. The van der Waals surface area contributed by atoms with E-state index in [4.69, 9.17) is 21.1 Å². The lowest BCUT2D eigenvalue weighted by Crippen LogP contribution is -2.43. The Balaban J connectivity index is 2.05. The summed E-state index contributed by atoms with van der Waals surface area (Å²) >= 11 is 9.60. The predicted octanol–water partition coefficient (Wildman–Crippen LogP) is 5.12. The van der Waals surface area contributed by atoms with Gasteiger partial charge >= 0.3 is 5.97 Å². The highest BCUT2D eigenvalue weighted by Crippen LogP contribution is 2.37. The monoisotopic (exact) mass is 581 g/mol. The van der Waals surface area contributed by atoms with Crippen molar-refractivity contribution in [2.45, 2.75) is 30.2 Å². The molecule has 0 spiro atoms. The molecule has 0 radical (unpaired) electrons. The second kappa shape index (κ2) is 11.9. The molecule has 1 saturated heterocycles. The van der Waals surface area contributed by atoms with Crippen LogP contribution in [0, 0.1) is 11.3 Å². The van der Waals surface area contributed by atoms with Gasteiger partial charge in [-0.25, -0.2) is 13.2 Å². The highest BCUT2D eigenvalue weighted by Gasteiger charge is 2.28. The third kappa shape index (κ3) is 6.35. The third-order valence-corrected chi connectivity index (χ3v) is 8.25. The van der Waals surface area contributed by atoms with Gasteiger partial charge in [0.05, 0.1) is 53.9 Å². The molecule has 0 saturated carbocycles. The molecule has 0 unspecified atom stereocenters. The fourth-order valence-corrected chi connectivity index (χ4v) is 6.16. The molecule has 8 nitrogen and oxygen atoms in total. The van der Waals surface area contributed by atoms with Gasteiger partial charge in [0.25, 0.3) is 10.0 Å². The molecular formula is C24H25BrClN3O5S. The second-order valence-electron chi connectivity index (χ2n) is 7.87. The summed E-state index contributed by atoms with van der Waals surface area (Å²) in [7, 11) is -2.96. The van der Waals surface area contributed by atoms with Gasteiger partial charge in [0.15, 0.2) is 0 Å². The Bertz CT molecular complexity index is 1260. The molecular weight excluding hydrogens is 558 g/mol. The summed E-state index contributed by atoms with van der Waals surface area (Å²) in [5, 5.41) is 9.73. The number of methoxy groups -OCH3 is 1. The molecule has 2 aromatic carbocycles. The average Bonchev–Trinajstić information content (AvgIpc) is 2.85. The van der Waals surface area contributed by atoms with Gasteiger partial charge in [0.1, 0.15) is 11.0 Å². The van der Waals surface area contributed by atoms with Gasteiger partial charge < -0.3 is 14.4 Å². The van der Waals surface area contributed by atoms with E-state index < -0.39 is 16.0 Å². The number of piperidine rings is 1. The number of carbonyl (C=O) groups is 1. The molecule has 0 amide bonds. The maximum Gasteiger partial charge on any atom is 0.337 e. The Kier molecular flexibility index (Phi) is 9.19. The Morgan fingerprint density at radius 3 is 2.83 bits per heavy atom. The van der Waals surface area contributed by atoms with E-state index in [2.05, 4.69) is 32.1 Å². The Morgan fingerprint density at radius 2 is 2.14 bits per heavy atom. The molecule has 0 aromatic heterocycles. The summed E-state index contributed by atoms with van der Waals surface area (Å²) in [4.78, 5) is 13.9. The van der Waals surface area contributed by atoms with Crippen molar-refractivity contribution in [3.63, 3.8) is 0 Å². The number of carbonyl (C=O) groups excluding carboxylic acids is 1. The minimum absolute atomic E-state index is 0.00894. The van der Waals surface area contributed by atoms with E-state index in [1.165, 1.54) is 31.4 Å². The summed E-state index contributed by atoms with van der Waals surface area (Å²) in [5.74, 6) is -0.663. The van der Waals surface area contributed by atoms with Gasteiger partial charge in [0, 0.05) is 11.0 Å². The van der Waals surface area contributed by atoms with E-state index in [1.807, 2.05) is 6.07 Å². The van der Waals surface area contributed by atoms with Crippen LogP contribution in [0.3, 0.4) is 0 Å². The topological polar surface area (TPSA) is 109 Å². The van der Waals surface area contributed by atoms with E-state index >= 15 is 0 Å². The first-order valence-electron chi connectivity index (χ1n) is 10.8. The molecule has 1 aliphatic rings. The summed E-state index contributed by atoms with van der Waals surface area (Å²) in [6.07, 6.45) is 4.45. The van der Waals surface area contributed by atoms with Crippen LogP contribution in [-0.2, 0) is 19.5 Å². The molecule has 186 valence electrons. The quantitative estimate of drug-likeness (QED) is 0.248. The maximum absolute atomic E-state index is 13.4. The van der Waals surface area contributed by atoms with E-state index in [9.17, 15) is 18.5 Å². The van der Waals surface area contributed by atoms with Crippen molar-refractivity contribution in [1.29, 1.82) is 5.26 Å². The van der Waals surface area contributed by atoms with Crippen molar-refractivity contribution in [3.8, 4) is 6.07 Å². The predicted molar refractivity (Wildman–Crippen MR) is 138 cm³/mol. The normalized spacial score (nSPS) is 15.8. The van der Waals surface area contributed by atoms with Crippen LogP contribution in [0.15, 0.2) is 52.4 Å². The highest BCUT2D eigenvalue weighted by molar-refractivity contribution is 9.10. The zero-order valence-corrected chi connectivity index (χ0v) is 22.2. The number of hydrogen-bond acceptors (Lipinski definition) is 7. The van der Waals surface area contributed by atoms with Crippen LogP contribution in [0.4, 0.5) is 11.4 Å². The number of nitrogens with one attached hydrogen (secondary N) is 1. The van der Waals surface area contributed by atoms with Crippen LogP contribution in [0.5, 0.6) is 0 Å². The van der Waals surface area contributed by atoms with Crippen LogP contribution in [0.2, 0.25) is 5.02 Å². The smallest absolute Gasteiger partial charge is 0.337 e. The number of benzene rings is 2. The number of halogens is 2. The van der Waals surface area contributed by atoms with Crippen LogP contribution >= 0.6 is 27.5 Å². The van der Waals surface area contributed by atoms with Crippen molar-refractivity contribution in [2.75, 3.05) is 36.5 Å². The lowest BCUT2D eigenvalue weighted by Gasteiger charge is -2.38. The average molecular weight is 583 g/mol. The molecule has 1 heterocycles. The number of ether oxygens (including phenoxy) is 2. The van der Waals surface area contributed by atoms with Gasteiger partial charge in [-0.1, -0.05) is 17.7 Å². The number of sulfonamides is 1. The molecule has 11 heteroatoms. The van der Waals surface area contributed by atoms with E-state index in [0.717, 1.165) is 19.3 Å². The first-order chi connectivity index (χ1) is 16.7. The summed E-state index contributed by atoms with van der Waals surface area (Å²) in [5.41, 5.74) is 0.967. The summed E-state index contributed by atoms with van der Waals surface area (Å²) < 4.78 is 40.1. The zero-order chi connectivity index (χ0) is 25.6. The number of hydrogen-bond donors (Lipinski definition) is 1. The number of rotatable bonds is 9. The van der Waals surface area contributed by atoms with Gasteiger partial charge in [0.2, 0.25) is 0 Å². The van der Waals surface area contributed by atoms with Crippen LogP contribution in [-0.4, -0.2) is 47.3 Å². The van der Waals surface area contributed by atoms with Gasteiger partial charge in [-0.15, -0.1) is 6.58 Å². The minimum Gasteiger partial charge on any atom is -0.465 e. The van der Waals surface area contributed by atoms with Crippen molar-refractivity contribution in [1.82, 2.24) is 0 Å². The van der Waals surface area contributed by atoms with Crippen molar-refractivity contribution in [3.05, 3.63) is 63.6 Å². The van der Waals surface area contributed by atoms with Crippen molar-refractivity contribution in [2.24, 2.45) is 0 Å². The van der Waals surface area contributed by atoms with Gasteiger partial charge in [-0.3, -0.25) is 4.72 Å². The van der Waals surface area contributed by atoms with Gasteiger partial charge in [-0.2, -0.15) is 5.26 Å². The summed E-state index contributed by atoms with van der Waals surface area (Å²) in [6, 6.07) is 9.15. The Morgan fingerprint density at radius 1 is 1.37 bits per heavy atom. The van der Waals surface area contributed by atoms with Crippen LogP contribution in [0.1, 0.15) is 35.2 Å². The molecule has 1 N–H and O–H groups in total. The number of anilines is 2. The van der Waals surface area contributed by atoms with E-state index in [0.29, 0.717) is 25.4 Å². The van der Waals surface area contributed by atoms with Crippen LogP contribution < -0.4 is 9.62 Å². The molecule has 0 aliphatic carbocycles. The molecule has 3 rings (SSSR count). The molecule has 35 heavy (non-hydrogen) atoms. The maximum atomic E-state index is 13.4. The first kappa shape index (κ1) is 27.0. The summed E-state index contributed by atoms with van der Waals surface area (Å²) in [6.45, 7) is 5.17. The number of esters is 1. The number of nitrogens with zero attached hydrogens (tertiary/aromatic N) is 2. The molecule has 0 bridgehead atoms.